The van der Waals surface area contributed by atoms with Gasteiger partial charge < -0.3 is 4.74 Å². The van der Waals surface area contributed by atoms with Crippen molar-refractivity contribution in [1.29, 1.82) is 0 Å². The number of terminal acetylenes is 1. The Bertz CT molecular complexity index is 157. The zero-order valence-corrected chi connectivity index (χ0v) is 10.9. The number of carbonyl (C=O) groups is 1. The molecule has 0 aliphatic carbocycles. The van der Waals surface area contributed by atoms with Crippen LogP contribution in [0.2, 0.25) is 0 Å². The molecule has 0 fully saturated rings. The van der Waals surface area contributed by atoms with Crippen LogP contribution in [0.4, 0.5) is 0 Å². The molecule has 0 unspecified atom stereocenters. The molecule has 17 heavy (non-hydrogen) atoms. The van der Waals surface area contributed by atoms with Crippen LogP contribution in [0.25, 0.3) is 0 Å². The van der Waals surface area contributed by atoms with Crippen LogP contribution in [0.1, 0.15) is 57.8 Å². The summed E-state index contributed by atoms with van der Waals surface area (Å²) in [4.78, 5) is 9.84. The largest absolute Gasteiger partial charge is 0.468 e. The van der Waals surface area contributed by atoms with Crippen molar-refractivity contribution >= 4 is 6.47 Å². The Morgan fingerprint density at radius 2 is 1.35 bits per heavy atom. The highest BCUT2D eigenvalue weighted by molar-refractivity contribution is 5.36. The van der Waals surface area contributed by atoms with E-state index in [1.807, 2.05) is 6.08 Å². The Hall–Kier alpha value is -1.23. The molecule has 0 spiro atoms. The third kappa shape index (κ3) is 20.8. The molecule has 0 saturated heterocycles. The molecule has 0 N–H and O–H groups in total. The molecule has 0 rings (SSSR count). The zero-order chi connectivity index (χ0) is 13.2. The fourth-order valence-electron chi connectivity index (χ4n) is 1.58. The molecule has 0 amide bonds. The first-order valence-electron chi connectivity index (χ1n) is 6.41. The van der Waals surface area contributed by atoms with Crippen LogP contribution < -0.4 is 0 Å². The highest BCUT2D eigenvalue weighted by Gasteiger charge is 1.92. The van der Waals surface area contributed by atoms with E-state index in [2.05, 4.69) is 24.2 Å². The van der Waals surface area contributed by atoms with Crippen LogP contribution in [-0.2, 0) is 9.53 Å². The van der Waals surface area contributed by atoms with E-state index in [9.17, 15) is 4.79 Å². The summed E-state index contributed by atoms with van der Waals surface area (Å²) in [6.45, 7) is 4.82. The number of unbranched alkanes of at least 4 members (excludes halogenated alkanes) is 8. The number of hydrogen-bond donors (Lipinski definition) is 0. The van der Waals surface area contributed by atoms with Gasteiger partial charge in [-0.1, -0.05) is 44.6 Å². The predicted molar refractivity (Wildman–Crippen MR) is 73.7 cm³/mol. The van der Waals surface area contributed by atoms with E-state index >= 15 is 0 Å². The monoisotopic (exact) mass is 238 g/mol. The second-order valence-electron chi connectivity index (χ2n) is 3.87. The van der Waals surface area contributed by atoms with Gasteiger partial charge in [-0.25, -0.2) is 0 Å². The maximum absolute atomic E-state index is 9.84. The Morgan fingerprint density at radius 3 is 1.82 bits per heavy atom. The summed E-state index contributed by atoms with van der Waals surface area (Å²) in [6, 6.07) is 0. The summed E-state index contributed by atoms with van der Waals surface area (Å²) >= 11 is 0. The SMILES string of the molecule is C#C.C=CCCCCCCCCCCOC=O. The van der Waals surface area contributed by atoms with Gasteiger partial charge in [-0.15, -0.1) is 19.4 Å². The van der Waals surface area contributed by atoms with E-state index < -0.39 is 0 Å². The molecule has 0 atom stereocenters. The van der Waals surface area contributed by atoms with Gasteiger partial charge in [0.1, 0.15) is 0 Å². The molecular weight excluding hydrogens is 212 g/mol. The maximum atomic E-state index is 9.84. The van der Waals surface area contributed by atoms with Gasteiger partial charge >= 0.3 is 0 Å². The lowest BCUT2D eigenvalue weighted by Crippen LogP contribution is -1.91. The van der Waals surface area contributed by atoms with Gasteiger partial charge in [-0.3, -0.25) is 4.79 Å². The Balaban J connectivity index is 0. The molecule has 0 heterocycles. The number of ether oxygens (including phenoxy) is 1. The van der Waals surface area contributed by atoms with E-state index in [0.29, 0.717) is 13.1 Å². The van der Waals surface area contributed by atoms with Gasteiger partial charge in [0.15, 0.2) is 0 Å². The number of hydrogen-bond acceptors (Lipinski definition) is 2. The van der Waals surface area contributed by atoms with Crippen LogP contribution >= 0.6 is 0 Å². The van der Waals surface area contributed by atoms with Crippen molar-refractivity contribution in [2.24, 2.45) is 0 Å². The van der Waals surface area contributed by atoms with Crippen molar-refractivity contribution < 1.29 is 9.53 Å². The first-order valence-corrected chi connectivity index (χ1v) is 6.41. The summed E-state index contributed by atoms with van der Waals surface area (Å²) in [5, 5.41) is 0. The standard InChI is InChI=1S/C13H24O2.C2H2/c1-2-3-4-5-6-7-8-9-10-11-12-15-13-14;1-2/h2,13H,1,3-12H2;1-2H. The van der Waals surface area contributed by atoms with E-state index in [1.165, 1.54) is 44.9 Å². The third-order valence-corrected chi connectivity index (χ3v) is 2.49. The van der Waals surface area contributed by atoms with Crippen LogP contribution in [0, 0.1) is 12.8 Å². The fourth-order valence-corrected chi connectivity index (χ4v) is 1.58. The average molecular weight is 238 g/mol. The highest BCUT2D eigenvalue weighted by atomic mass is 16.5. The van der Waals surface area contributed by atoms with Crippen LogP contribution in [0.5, 0.6) is 0 Å². The average Bonchev–Trinajstić information content (AvgIpc) is 2.38. The third-order valence-electron chi connectivity index (χ3n) is 2.49. The normalized spacial score (nSPS) is 8.82. The summed E-state index contributed by atoms with van der Waals surface area (Å²) in [7, 11) is 0. The zero-order valence-electron chi connectivity index (χ0n) is 10.9. The molecule has 0 aliphatic rings. The molecule has 0 bridgehead atoms. The van der Waals surface area contributed by atoms with E-state index in [1.54, 1.807) is 0 Å². The van der Waals surface area contributed by atoms with Crippen molar-refractivity contribution in [1.82, 2.24) is 0 Å². The second-order valence-corrected chi connectivity index (χ2v) is 3.87. The van der Waals surface area contributed by atoms with Crippen molar-refractivity contribution in [3.8, 4) is 12.8 Å². The topological polar surface area (TPSA) is 26.3 Å². The summed E-state index contributed by atoms with van der Waals surface area (Å²) < 4.78 is 4.62. The minimum absolute atomic E-state index is 0.527. The first kappa shape index (κ1) is 18.1. The van der Waals surface area contributed by atoms with Crippen molar-refractivity contribution in [3.05, 3.63) is 12.7 Å². The summed E-state index contributed by atoms with van der Waals surface area (Å²) in [5.41, 5.74) is 0. The lowest BCUT2D eigenvalue weighted by Gasteiger charge is -2.01. The Labute approximate surface area is 106 Å². The van der Waals surface area contributed by atoms with Gasteiger partial charge in [-0.2, -0.15) is 0 Å². The van der Waals surface area contributed by atoms with Crippen molar-refractivity contribution in [2.45, 2.75) is 57.8 Å². The van der Waals surface area contributed by atoms with Crippen LogP contribution in [0.15, 0.2) is 12.7 Å². The van der Waals surface area contributed by atoms with E-state index in [-0.39, 0.29) is 0 Å². The lowest BCUT2D eigenvalue weighted by molar-refractivity contribution is -0.128. The van der Waals surface area contributed by atoms with Crippen molar-refractivity contribution in [3.63, 3.8) is 0 Å². The Kier molecular flexibility index (Phi) is 21.6. The van der Waals surface area contributed by atoms with Crippen LogP contribution in [-0.4, -0.2) is 13.1 Å². The molecule has 0 aliphatic heterocycles. The minimum Gasteiger partial charge on any atom is -0.468 e. The highest BCUT2D eigenvalue weighted by Crippen LogP contribution is 2.09. The molecule has 0 aromatic rings. The maximum Gasteiger partial charge on any atom is 0.293 e. The molecule has 0 saturated carbocycles. The lowest BCUT2D eigenvalue weighted by atomic mass is 10.1. The van der Waals surface area contributed by atoms with E-state index in [4.69, 9.17) is 0 Å². The second kappa shape index (κ2) is 20.2. The molecule has 2 nitrogen and oxygen atoms in total. The Morgan fingerprint density at radius 1 is 0.882 bits per heavy atom. The van der Waals surface area contributed by atoms with E-state index in [0.717, 1.165) is 12.8 Å². The number of rotatable bonds is 12. The fraction of sp³-hybridized carbons (Fsp3) is 0.667. The quantitative estimate of drug-likeness (QED) is 0.221. The van der Waals surface area contributed by atoms with Gasteiger partial charge in [0.25, 0.3) is 6.47 Å². The van der Waals surface area contributed by atoms with Gasteiger partial charge in [0.05, 0.1) is 6.61 Å². The molecule has 98 valence electrons. The molecule has 0 aromatic carbocycles. The molecule has 2 heteroatoms. The van der Waals surface area contributed by atoms with Gasteiger partial charge in [0, 0.05) is 0 Å². The summed E-state index contributed by atoms with van der Waals surface area (Å²) in [5.74, 6) is 0. The van der Waals surface area contributed by atoms with Crippen LogP contribution in [0.3, 0.4) is 0 Å². The minimum atomic E-state index is 0.527. The smallest absolute Gasteiger partial charge is 0.293 e. The van der Waals surface area contributed by atoms with Gasteiger partial charge in [0.2, 0.25) is 0 Å². The molecule has 0 aromatic heterocycles. The number of carbonyl (C=O) groups excluding carboxylic acids is 1. The summed E-state index contributed by atoms with van der Waals surface area (Å²) in [6.07, 6.45) is 21.2. The number of allylic oxidation sites excluding steroid dienone is 1. The molecule has 0 radical (unpaired) electrons. The molecular formula is C15H26O2. The first-order chi connectivity index (χ1) is 8.41. The van der Waals surface area contributed by atoms with Crippen molar-refractivity contribution in [2.75, 3.05) is 6.61 Å². The predicted octanol–water partition coefficient (Wildman–Crippen LogP) is 4.11. The van der Waals surface area contributed by atoms with Gasteiger partial charge in [-0.05, 0) is 19.3 Å².